The molecule has 88 valence electrons. The Morgan fingerprint density at radius 2 is 2.29 bits per heavy atom. The lowest BCUT2D eigenvalue weighted by molar-refractivity contribution is 0.0949. The molecular formula is C11H13N5O. The molecule has 2 rings (SSSR count). The monoisotopic (exact) mass is 231 g/mol. The number of aryl methyl sites for hydroxylation is 1. The lowest BCUT2D eigenvalue weighted by atomic mass is 10.2. The number of carbonyl (C=O) groups is 1. The molecule has 0 radical (unpaired) electrons. The van der Waals surface area contributed by atoms with Crippen LogP contribution in [0.5, 0.6) is 0 Å². The Morgan fingerprint density at radius 3 is 2.88 bits per heavy atom. The smallest absolute Gasteiger partial charge is 0.253 e. The lowest BCUT2D eigenvalue weighted by Crippen LogP contribution is -2.24. The molecule has 2 aromatic heterocycles. The summed E-state index contributed by atoms with van der Waals surface area (Å²) in [4.78, 5) is 19.7. The molecule has 1 amide bonds. The van der Waals surface area contributed by atoms with Crippen molar-refractivity contribution in [3.63, 3.8) is 0 Å². The summed E-state index contributed by atoms with van der Waals surface area (Å²) in [6.45, 7) is 0.382. The number of nitrogens with one attached hydrogen (secondary N) is 1. The second-order valence-corrected chi connectivity index (χ2v) is 3.61. The van der Waals surface area contributed by atoms with Gasteiger partial charge in [0.2, 0.25) is 0 Å². The standard InChI is InChI=1S/C11H13N5O/c1-16-5-4-13-10(16)7-15-11(17)8-2-3-9(12)14-6-8/h2-6H,7H2,1H3,(H2,12,14)(H,15,17). The fraction of sp³-hybridized carbons (Fsp3) is 0.182. The number of nitrogen functional groups attached to an aromatic ring is 1. The highest BCUT2D eigenvalue weighted by Crippen LogP contribution is 2.01. The van der Waals surface area contributed by atoms with Gasteiger partial charge in [0, 0.05) is 25.6 Å². The molecule has 0 spiro atoms. The number of pyridine rings is 1. The first-order chi connectivity index (χ1) is 8.16. The van der Waals surface area contributed by atoms with Crippen LogP contribution in [0.15, 0.2) is 30.7 Å². The maximum absolute atomic E-state index is 11.7. The zero-order valence-corrected chi connectivity index (χ0v) is 9.42. The van der Waals surface area contributed by atoms with Gasteiger partial charge < -0.3 is 15.6 Å². The van der Waals surface area contributed by atoms with Gasteiger partial charge in [0.15, 0.2) is 0 Å². The van der Waals surface area contributed by atoms with Crippen molar-refractivity contribution in [2.24, 2.45) is 7.05 Å². The van der Waals surface area contributed by atoms with Gasteiger partial charge in [0.25, 0.3) is 5.91 Å². The largest absolute Gasteiger partial charge is 0.384 e. The topological polar surface area (TPSA) is 85.8 Å². The van der Waals surface area contributed by atoms with Gasteiger partial charge in [-0.15, -0.1) is 0 Å². The van der Waals surface area contributed by atoms with Crippen molar-refractivity contribution in [3.8, 4) is 0 Å². The maximum Gasteiger partial charge on any atom is 0.253 e. The van der Waals surface area contributed by atoms with E-state index in [0.717, 1.165) is 5.82 Å². The molecule has 6 heteroatoms. The first kappa shape index (κ1) is 11.1. The van der Waals surface area contributed by atoms with Crippen molar-refractivity contribution in [1.29, 1.82) is 0 Å². The van der Waals surface area contributed by atoms with Crippen LogP contribution in [-0.2, 0) is 13.6 Å². The Labute approximate surface area is 98.5 Å². The molecule has 2 heterocycles. The average molecular weight is 231 g/mol. The first-order valence-electron chi connectivity index (χ1n) is 5.13. The van der Waals surface area contributed by atoms with E-state index in [4.69, 9.17) is 5.73 Å². The lowest BCUT2D eigenvalue weighted by Gasteiger charge is -2.05. The van der Waals surface area contributed by atoms with E-state index in [1.165, 1.54) is 6.20 Å². The molecular weight excluding hydrogens is 218 g/mol. The summed E-state index contributed by atoms with van der Waals surface area (Å²) in [5.74, 6) is 0.993. The highest BCUT2D eigenvalue weighted by molar-refractivity contribution is 5.93. The number of carbonyl (C=O) groups excluding carboxylic acids is 1. The van der Waals surface area contributed by atoms with Gasteiger partial charge in [-0.05, 0) is 12.1 Å². The zero-order valence-electron chi connectivity index (χ0n) is 9.42. The van der Waals surface area contributed by atoms with Crippen molar-refractivity contribution >= 4 is 11.7 Å². The minimum absolute atomic E-state index is 0.194. The summed E-state index contributed by atoms with van der Waals surface area (Å²) >= 11 is 0. The molecule has 6 nitrogen and oxygen atoms in total. The quantitative estimate of drug-likeness (QED) is 0.797. The van der Waals surface area contributed by atoms with Crippen molar-refractivity contribution in [2.75, 3.05) is 5.73 Å². The predicted molar refractivity (Wildman–Crippen MR) is 63.0 cm³/mol. The number of rotatable bonds is 3. The van der Waals surface area contributed by atoms with Crippen LogP contribution in [0.1, 0.15) is 16.2 Å². The van der Waals surface area contributed by atoms with E-state index in [-0.39, 0.29) is 5.91 Å². The number of aromatic nitrogens is 3. The minimum atomic E-state index is -0.194. The van der Waals surface area contributed by atoms with Crippen LogP contribution in [0.25, 0.3) is 0 Å². The van der Waals surface area contributed by atoms with E-state index < -0.39 is 0 Å². The van der Waals surface area contributed by atoms with Gasteiger partial charge in [-0.25, -0.2) is 9.97 Å². The second-order valence-electron chi connectivity index (χ2n) is 3.61. The summed E-state index contributed by atoms with van der Waals surface area (Å²) in [6.07, 6.45) is 4.96. The minimum Gasteiger partial charge on any atom is -0.384 e. The van der Waals surface area contributed by atoms with Crippen LogP contribution in [0, 0.1) is 0 Å². The Kier molecular flexibility index (Phi) is 3.04. The Balaban J connectivity index is 1.98. The molecule has 17 heavy (non-hydrogen) atoms. The van der Waals surface area contributed by atoms with Crippen molar-refractivity contribution in [2.45, 2.75) is 6.54 Å². The van der Waals surface area contributed by atoms with Crippen LogP contribution < -0.4 is 11.1 Å². The Morgan fingerprint density at radius 1 is 1.47 bits per heavy atom. The first-order valence-corrected chi connectivity index (χ1v) is 5.13. The molecule has 0 bridgehead atoms. The number of nitrogens with zero attached hydrogens (tertiary/aromatic N) is 3. The van der Waals surface area contributed by atoms with Gasteiger partial charge in [-0.2, -0.15) is 0 Å². The van der Waals surface area contributed by atoms with Gasteiger partial charge in [-0.1, -0.05) is 0 Å². The van der Waals surface area contributed by atoms with Crippen LogP contribution in [-0.4, -0.2) is 20.4 Å². The normalized spacial score (nSPS) is 10.2. The van der Waals surface area contributed by atoms with Gasteiger partial charge >= 0.3 is 0 Å². The maximum atomic E-state index is 11.7. The molecule has 0 atom stereocenters. The van der Waals surface area contributed by atoms with E-state index in [1.807, 2.05) is 17.8 Å². The Bertz CT molecular complexity index is 517. The summed E-state index contributed by atoms with van der Waals surface area (Å²) in [5, 5.41) is 2.76. The SMILES string of the molecule is Cn1ccnc1CNC(=O)c1ccc(N)nc1. The number of hydrogen-bond acceptors (Lipinski definition) is 4. The van der Waals surface area contributed by atoms with E-state index in [2.05, 4.69) is 15.3 Å². The van der Waals surface area contributed by atoms with Crippen LogP contribution in [0.3, 0.4) is 0 Å². The molecule has 3 N–H and O–H groups in total. The molecule has 0 fully saturated rings. The zero-order chi connectivity index (χ0) is 12.3. The Hall–Kier alpha value is -2.37. The fourth-order valence-corrected chi connectivity index (χ4v) is 1.37. The van der Waals surface area contributed by atoms with Crippen molar-refractivity contribution < 1.29 is 4.79 Å². The molecule has 0 saturated heterocycles. The van der Waals surface area contributed by atoms with E-state index in [1.54, 1.807) is 18.3 Å². The second kappa shape index (κ2) is 4.65. The van der Waals surface area contributed by atoms with Crippen molar-refractivity contribution in [1.82, 2.24) is 19.9 Å². The molecule has 0 saturated carbocycles. The summed E-state index contributed by atoms with van der Waals surface area (Å²) in [5.41, 5.74) is 5.92. The number of imidazole rings is 1. The third-order valence-corrected chi connectivity index (χ3v) is 2.38. The van der Waals surface area contributed by atoms with Gasteiger partial charge in [0.05, 0.1) is 12.1 Å². The van der Waals surface area contributed by atoms with Gasteiger partial charge in [-0.3, -0.25) is 4.79 Å². The fourth-order valence-electron chi connectivity index (χ4n) is 1.37. The molecule has 0 aliphatic carbocycles. The van der Waals surface area contributed by atoms with E-state index >= 15 is 0 Å². The summed E-state index contributed by atoms with van der Waals surface area (Å²) < 4.78 is 1.85. The van der Waals surface area contributed by atoms with E-state index in [0.29, 0.717) is 17.9 Å². The van der Waals surface area contributed by atoms with Crippen LogP contribution in [0.4, 0.5) is 5.82 Å². The molecule has 0 aliphatic rings. The van der Waals surface area contributed by atoms with Crippen LogP contribution in [0.2, 0.25) is 0 Å². The number of amides is 1. The average Bonchev–Trinajstić information content (AvgIpc) is 2.73. The molecule has 0 aromatic carbocycles. The number of hydrogen-bond donors (Lipinski definition) is 2. The number of nitrogens with two attached hydrogens (primary N) is 1. The number of anilines is 1. The molecule has 0 unspecified atom stereocenters. The van der Waals surface area contributed by atoms with Crippen molar-refractivity contribution in [3.05, 3.63) is 42.1 Å². The van der Waals surface area contributed by atoms with E-state index in [9.17, 15) is 4.79 Å². The third-order valence-electron chi connectivity index (χ3n) is 2.38. The third kappa shape index (κ3) is 2.60. The molecule has 2 aromatic rings. The molecule has 0 aliphatic heterocycles. The highest BCUT2D eigenvalue weighted by atomic mass is 16.1. The highest BCUT2D eigenvalue weighted by Gasteiger charge is 2.06. The van der Waals surface area contributed by atoms with Gasteiger partial charge in [0.1, 0.15) is 11.6 Å². The summed E-state index contributed by atoms with van der Waals surface area (Å²) in [6, 6.07) is 3.23. The van der Waals surface area contributed by atoms with Crippen LogP contribution >= 0.6 is 0 Å². The summed E-state index contributed by atoms with van der Waals surface area (Å²) in [7, 11) is 1.87. The predicted octanol–water partition coefficient (Wildman–Crippen LogP) is 0.327.